The molecule has 2 aliphatic heterocycles. The van der Waals surface area contributed by atoms with Crippen molar-refractivity contribution in [1.29, 1.82) is 0 Å². The molecule has 3 unspecified atom stereocenters. The molecule has 0 N–H and O–H groups in total. The average molecular weight is 164 g/mol. The molecule has 0 amide bonds. The lowest BCUT2D eigenvalue weighted by atomic mass is 10.5. The highest BCUT2D eigenvalue weighted by Gasteiger charge is 2.26. The van der Waals surface area contributed by atoms with E-state index >= 15 is 0 Å². The molecule has 4 heteroatoms. The molecular weight excluding hydrogens is 151 g/mol. The fraction of sp³-hybridized carbons (Fsp3) is 1.00. The van der Waals surface area contributed by atoms with Crippen LogP contribution in [0.15, 0.2) is 0 Å². The summed E-state index contributed by atoms with van der Waals surface area (Å²) in [6, 6.07) is 0. The Hall–Kier alpha value is 0.310. The highest BCUT2D eigenvalue weighted by molar-refractivity contribution is 6.92. The van der Waals surface area contributed by atoms with Crippen LogP contribution in [0.3, 0.4) is 0 Å². The summed E-state index contributed by atoms with van der Waals surface area (Å²) >= 11 is 0. The molecule has 0 saturated carbocycles. The van der Waals surface area contributed by atoms with Crippen LogP contribution < -0.4 is 0 Å². The molecule has 0 aliphatic carbocycles. The van der Waals surface area contributed by atoms with Crippen molar-refractivity contribution in [2.45, 2.75) is 12.2 Å². The average Bonchev–Trinajstić information content (AvgIpc) is 2.57. The minimum Gasteiger partial charge on any atom is -0.376 e. The van der Waals surface area contributed by atoms with E-state index in [4.69, 9.17) is 14.2 Å². The quantitative estimate of drug-likeness (QED) is 0.428. The summed E-state index contributed by atoms with van der Waals surface area (Å²) in [6.07, 6.45) is 0.785. The maximum atomic E-state index is 5.23. The van der Waals surface area contributed by atoms with Gasteiger partial charge in [0.2, 0.25) is 0 Å². The van der Waals surface area contributed by atoms with E-state index in [1.807, 2.05) is 0 Å². The van der Waals surface area contributed by atoms with Crippen LogP contribution in [-0.2, 0) is 14.2 Å². The van der Waals surface area contributed by atoms with Crippen LogP contribution >= 0.6 is 9.90 Å². The van der Waals surface area contributed by atoms with Gasteiger partial charge in [-0.25, -0.2) is 0 Å². The van der Waals surface area contributed by atoms with Crippen LogP contribution in [0, 0.1) is 0 Å². The second kappa shape index (κ2) is 3.63. The third-order valence-electron chi connectivity index (χ3n) is 1.41. The van der Waals surface area contributed by atoms with E-state index in [-0.39, 0.29) is 9.90 Å². The van der Waals surface area contributed by atoms with E-state index in [0.29, 0.717) is 12.2 Å². The first kappa shape index (κ1) is 8.41. The minimum absolute atomic E-state index is 0. The molecule has 10 heavy (non-hydrogen) atoms. The lowest BCUT2D eigenvalue weighted by molar-refractivity contribution is 0.102. The van der Waals surface area contributed by atoms with E-state index < -0.39 is 0 Å². The maximum absolute atomic E-state index is 5.23. The van der Waals surface area contributed by atoms with Crippen LogP contribution in [0.4, 0.5) is 0 Å². The molecule has 0 radical (unpaired) electrons. The van der Waals surface area contributed by atoms with E-state index in [9.17, 15) is 0 Å². The molecule has 0 aromatic heterocycles. The number of epoxide rings is 2. The zero-order chi connectivity index (χ0) is 6.10. The van der Waals surface area contributed by atoms with Gasteiger partial charge in [-0.15, -0.1) is 0 Å². The minimum atomic E-state index is 0. The lowest BCUT2D eigenvalue weighted by Gasteiger charge is -1.95. The first-order valence-corrected chi connectivity index (χ1v) is 3.26. The summed E-state index contributed by atoms with van der Waals surface area (Å²) < 4.78 is 15.1. The second-order valence-electron chi connectivity index (χ2n) is 2.45. The van der Waals surface area contributed by atoms with Crippen molar-refractivity contribution in [3.63, 3.8) is 0 Å². The van der Waals surface area contributed by atoms with E-state index in [2.05, 4.69) is 0 Å². The zero-order valence-electron chi connectivity index (χ0n) is 5.91. The van der Waals surface area contributed by atoms with Gasteiger partial charge in [0, 0.05) is 0 Å². The Balaban J connectivity index is 0.000000500. The SMILES string of the molecule is C(OCC1CO1)C1CO1.P. The normalized spacial score (nSPS) is 34.8. The Bertz CT molecular complexity index is 89.2. The van der Waals surface area contributed by atoms with E-state index in [0.717, 1.165) is 26.4 Å². The van der Waals surface area contributed by atoms with Gasteiger partial charge in [0.05, 0.1) is 26.4 Å². The molecule has 2 rings (SSSR count). The van der Waals surface area contributed by atoms with Gasteiger partial charge < -0.3 is 14.2 Å². The first-order chi connectivity index (χ1) is 4.45. The van der Waals surface area contributed by atoms with E-state index in [1.54, 1.807) is 0 Å². The Morgan fingerprint density at radius 2 is 1.50 bits per heavy atom. The summed E-state index contributed by atoms with van der Waals surface area (Å²) in [7, 11) is 0. The smallest absolute Gasteiger partial charge is 0.104 e. The van der Waals surface area contributed by atoms with Crippen molar-refractivity contribution < 1.29 is 14.2 Å². The number of hydrogen-bond donors (Lipinski definition) is 0. The fourth-order valence-electron chi connectivity index (χ4n) is 0.659. The van der Waals surface area contributed by atoms with Crippen LogP contribution in [0.1, 0.15) is 0 Å². The van der Waals surface area contributed by atoms with Gasteiger partial charge in [0.1, 0.15) is 12.2 Å². The van der Waals surface area contributed by atoms with Crippen LogP contribution in [0.25, 0.3) is 0 Å². The molecular formula is C6H13O3P. The second-order valence-corrected chi connectivity index (χ2v) is 2.45. The van der Waals surface area contributed by atoms with Crippen LogP contribution in [0.2, 0.25) is 0 Å². The monoisotopic (exact) mass is 164 g/mol. The molecule has 2 heterocycles. The van der Waals surface area contributed by atoms with Gasteiger partial charge in [-0.1, -0.05) is 0 Å². The van der Waals surface area contributed by atoms with Gasteiger partial charge in [-0.05, 0) is 0 Å². The summed E-state index contributed by atoms with van der Waals surface area (Å²) in [4.78, 5) is 0. The Morgan fingerprint density at radius 3 is 1.80 bits per heavy atom. The van der Waals surface area contributed by atoms with Crippen LogP contribution in [-0.4, -0.2) is 38.6 Å². The van der Waals surface area contributed by atoms with Crippen molar-refractivity contribution in [3.05, 3.63) is 0 Å². The Kier molecular flexibility index (Phi) is 3.05. The van der Waals surface area contributed by atoms with Gasteiger partial charge in [-0.3, -0.25) is 0 Å². The summed E-state index contributed by atoms with van der Waals surface area (Å²) in [5, 5.41) is 0. The molecule has 3 atom stereocenters. The number of rotatable bonds is 4. The Labute approximate surface area is 63.6 Å². The predicted molar refractivity (Wildman–Crippen MR) is 41.4 cm³/mol. The van der Waals surface area contributed by atoms with Crippen molar-refractivity contribution in [2.75, 3.05) is 26.4 Å². The summed E-state index contributed by atoms with van der Waals surface area (Å²) in [5.74, 6) is 0. The van der Waals surface area contributed by atoms with Crippen molar-refractivity contribution >= 4 is 9.90 Å². The lowest BCUT2D eigenvalue weighted by Crippen LogP contribution is -2.06. The topological polar surface area (TPSA) is 34.3 Å². The van der Waals surface area contributed by atoms with Gasteiger partial charge >= 0.3 is 0 Å². The predicted octanol–water partition coefficient (Wildman–Crippen LogP) is -0.141. The molecule has 0 aromatic carbocycles. The molecule has 0 aromatic rings. The van der Waals surface area contributed by atoms with E-state index in [1.165, 1.54) is 0 Å². The van der Waals surface area contributed by atoms with Crippen molar-refractivity contribution in [1.82, 2.24) is 0 Å². The van der Waals surface area contributed by atoms with Gasteiger partial charge in [0.15, 0.2) is 0 Å². The Morgan fingerprint density at radius 1 is 1.10 bits per heavy atom. The van der Waals surface area contributed by atoms with Gasteiger partial charge in [-0.2, -0.15) is 9.90 Å². The first-order valence-electron chi connectivity index (χ1n) is 3.26. The molecule has 2 saturated heterocycles. The number of ether oxygens (including phenoxy) is 3. The zero-order valence-corrected chi connectivity index (χ0v) is 7.33. The molecule has 0 bridgehead atoms. The highest BCUT2D eigenvalue weighted by atomic mass is 31.0. The summed E-state index contributed by atoms with van der Waals surface area (Å²) in [5.41, 5.74) is 0. The van der Waals surface area contributed by atoms with Gasteiger partial charge in [0.25, 0.3) is 0 Å². The highest BCUT2D eigenvalue weighted by Crippen LogP contribution is 2.12. The van der Waals surface area contributed by atoms with Crippen molar-refractivity contribution in [2.24, 2.45) is 0 Å². The molecule has 60 valence electrons. The third-order valence-corrected chi connectivity index (χ3v) is 1.41. The van der Waals surface area contributed by atoms with Crippen LogP contribution in [0.5, 0.6) is 0 Å². The fourth-order valence-corrected chi connectivity index (χ4v) is 0.659. The maximum Gasteiger partial charge on any atom is 0.104 e. The molecule has 2 fully saturated rings. The summed E-state index contributed by atoms with van der Waals surface area (Å²) in [6.45, 7) is 3.26. The third kappa shape index (κ3) is 2.93. The standard InChI is InChI=1S/C6H10O3.H3P/c1(5-3-8-5)7-2-6-4-9-6;/h5-6H,1-4H2;1H3. The molecule has 3 nitrogen and oxygen atoms in total. The largest absolute Gasteiger partial charge is 0.376 e. The van der Waals surface area contributed by atoms with Crippen molar-refractivity contribution in [3.8, 4) is 0 Å². The number of hydrogen-bond acceptors (Lipinski definition) is 3. The molecule has 0 spiro atoms. The molecule has 2 aliphatic rings.